The molecule has 5 nitrogen and oxygen atoms in total. The summed E-state index contributed by atoms with van der Waals surface area (Å²) in [6.45, 7) is 1.95. The van der Waals surface area contributed by atoms with Crippen LogP contribution in [-0.4, -0.2) is 33.8 Å². The Bertz CT molecular complexity index is 367. The summed E-state index contributed by atoms with van der Waals surface area (Å²) in [6.07, 6.45) is 9.54. The lowest BCUT2D eigenvalue weighted by Crippen LogP contribution is -2.22. The average Bonchev–Trinajstić information content (AvgIpc) is 2.40. The molecule has 5 heteroatoms. The number of nitrogens with zero attached hydrogens (tertiary/aromatic N) is 2. The molecule has 0 bridgehead atoms. The first-order chi connectivity index (χ1) is 8.78. The van der Waals surface area contributed by atoms with Gasteiger partial charge in [0.2, 0.25) is 5.88 Å². The van der Waals surface area contributed by atoms with Crippen molar-refractivity contribution in [1.29, 1.82) is 0 Å². The van der Waals surface area contributed by atoms with Crippen LogP contribution in [0.15, 0.2) is 12.4 Å². The van der Waals surface area contributed by atoms with Crippen LogP contribution in [0.25, 0.3) is 0 Å². The minimum absolute atomic E-state index is 0.0377. The lowest BCUT2D eigenvalue weighted by atomic mass is 9.98. The van der Waals surface area contributed by atoms with Crippen molar-refractivity contribution >= 4 is 5.82 Å². The van der Waals surface area contributed by atoms with Gasteiger partial charge in [-0.25, -0.2) is 0 Å². The fraction of sp³-hybridized carbons (Fsp3) is 0.692. The van der Waals surface area contributed by atoms with Crippen molar-refractivity contribution < 1.29 is 9.84 Å². The minimum atomic E-state index is -0.0377. The molecule has 1 fully saturated rings. The van der Waals surface area contributed by atoms with Crippen LogP contribution >= 0.6 is 0 Å². The number of anilines is 1. The van der Waals surface area contributed by atoms with E-state index in [0.29, 0.717) is 11.7 Å². The van der Waals surface area contributed by atoms with Gasteiger partial charge in [-0.3, -0.25) is 4.98 Å². The van der Waals surface area contributed by atoms with E-state index in [1.165, 1.54) is 19.3 Å². The molecule has 0 aliphatic heterocycles. The van der Waals surface area contributed by atoms with E-state index in [9.17, 15) is 0 Å². The summed E-state index contributed by atoms with van der Waals surface area (Å²) in [5.41, 5.74) is 0. The van der Waals surface area contributed by atoms with Crippen molar-refractivity contribution in [3.05, 3.63) is 12.4 Å². The normalized spacial score (nSPS) is 18.3. The van der Waals surface area contributed by atoms with Gasteiger partial charge in [0.15, 0.2) is 0 Å². The Hall–Kier alpha value is -1.36. The quantitative estimate of drug-likeness (QED) is 0.837. The highest BCUT2D eigenvalue weighted by molar-refractivity contribution is 5.34. The number of aliphatic hydroxyl groups excluding tert-OH is 1. The Labute approximate surface area is 108 Å². The molecule has 1 atom stereocenters. The summed E-state index contributed by atoms with van der Waals surface area (Å²) in [5, 5.41) is 12.1. The predicted molar refractivity (Wildman–Crippen MR) is 69.7 cm³/mol. The molecular formula is C13H21N3O2. The second kappa shape index (κ2) is 6.54. The number of ether oxygens (including phenoxy) is 1. The number of hydrogen-bond acceptors (Lipinski definition) is 5. The Balaban J connectivity index is 1.93. The molecule has 2 N–H and O–H groups in total. The third-order valence-corrected chi connectivity index (χ3v) is 3.12. The van der Waals surface area contributed by atoms with Crippen molar-refractivity contribution in [2.24, 2.45) is 0 Å². The predicted octanol–water partition coefficient (Wildman–Crippen LogP) is 1.98. The van der Waals surface area contributed by atoms with Crippen LogP contribution in [0.3, 0.4) is 0 Å². The molecule has 1 saturated carbocycles. The number of hydrogen-bond donors (Lipinski definition) is 2. The minimum Gasteiger partial charge on any atom is -0.473 e. The monoisotopic (exact) mass is 251 g/mol. The Morgan fingerprint density at radius 2 is 2.17 bits per heavy atom. The molecule has 100 valence electrons. The molecule has 0 unspecified atom stereocenters. The van der Waals surface area contributed by atoms with Crippen LogP contribution in [0, 0.1) is 0 Å². The smallest absolute Gasteiger partial charge is 0.234 e. The number of aromatic nitrogens is 2. The van der Waals surface area contributed by atoms with E-state index in [4.69, 9.17) is 9.84 Å². The van der Waals surface area contributed by atoms with E-state index < -0.39 is 0 Å². The summed E-state index contributed by atoms with van der Waals surface area (Å²) in [7, 11) is 0. The van der Waals surface area contributed by atoms with Crippen molar-refractivity contribution in [2.45, 2.75) is 51.2 Å². The highest BCUT2D eigenvalue weighted by atomic mass is 16.5. The topological polar surface area (TPSA) is 67.3 Å². The maximum absolute atomic E-state index is 8.98. The number of rotatable bonds is 5. The fourth-order valence-electron chi connectivity index (χ4n) is 2.13. The third-order valence-electron chi connectivity index (χ3n) is 3.12. The van der Waals surface area contributed by atoms with Crippen molar-refractivity contribution in [3.8, 4) is 5.88 Å². The second-order valence-electron chi connectivity index (χ2n) is 4.85. The standard InChI is InChI=1S/C13H21N3O2/c1-10(9-17)15-12-7-14-8-13(16-12)18-11-5-3-2-4-6-11/h7-8,10-11,17H,2-6,9H2,1H3,(H,15,16)/t10-/m0/s1. The van der Waals surface area contributed by atoms with Gasteiger partial charge in [0.25, 0.3) is 0 Å². The van der Waals surface area contributed by atoms with Gasteiger partial charge in [-0.2, -0.15) is 4.98 Å². The lowest BCUT2D eigenvalue weighted by Gasteiger charge is -2.22. The van der Waals surface area contributed by atoms with Gasteiger partial charge >= 0.3 is 0 Å². The van der Waals surface area contributed by atoms with E-state index in [1.54, 1.807) is 12.4 Å². The highest BCUT2D eigenvalue weighted by Gasteiger charge is 2.15. The summed E-state index contributed by atoms with van der Waals surface area (Å²) >= 11 is 0. The zero-order valence-corrected chi connectivity index (χ0v) is 10.8. The molecule has 1 heterocycles. The first-order valence-corrected chi connectivity index (χ1v) is 6.64. The van der Waals surface area contributed by atoms with E-state index in [2.05, 4.69) is 15.3 Å². The second-order valence-corrected chi connectivity index (χ2v) is 4.85. The molecule has 0 spiro atoms. The third kappa shape index (κ3) is 3.84. The Morgan fingerprint density at radius 3 is 2.89 bits per heavy atom. The van der Waals surface area contributed by atoms with Crippen LogP contribution < -0.4 is 10.1 Å². The van der Waals surface area contributed by atoms with Crippen LogP contribution in [0.4, 0.5) is 5.82 Å². The van der Waals surface area contributed by atoms with Crippen LogP contribution in [-0.2, 0) is 0 Å². The first-order valence-electron chi connectivity index (χ1n) is 6.64. The van der Waals surface area contributed by atoms with Crippen LogP contribution in [0.1, 0.15) is 39.0 Å². The van der Waals surface area contributed by atoms with Gasteiger partial charge < -0.3 is 15.2 Å². The molecular weight excluding hydrogens is 230 g/mol. The van der Waals surface area contributed by atoms with Gasteiger partial charge in [0.1, 0.15) is 11.9 Å². The maximum atomic E-state index is 8.98. The van der Waals surface area contributed by atoms with E-state index in [0.717, 1.165) is 12.8 Å². The van der Waals surface area contributed by atoms with Crippen molar-refractivity contribution in [1.82, 2.24) is 9.97 Å². The van der Waals surface area contributed by atoms with Gasteiger partial charge in [-0.05, 0) is 32.6 Å². The van der Waals surface area contributed by atoms with Crippen molar-refractivity contribution in [3.63, 3.8) is 0 Å². The zero-order valence-electron chi connectivity index (χ0n) is 10.8. The van der Waals surface area contributed by atoms with Gasteiger partial charge in [0, 0.05) is 6.04 Å². The molecule has 0 amide bonds. The molecule has 1 aromatic heterocycles. The van der Waals surface area contributed by atoms with Crippen molar-refractivity contribution in [2.75, 3.05) is 11.9 Å². The van der Waals surface area contributed by atoms with Crippen LogP contribution in [0.5, 0.6) is 5.88 Å². The summed E-state index contributed by atoms with van der Waals surface area (Å²) in [4.78, 5) is 8.45. The molecule has 1 aromatic rings. The molecule has 0 saturated heterocycles. The molecule has 1 aliphatic rings. The van der Waals surface area contributed by atoms with E-state index >= 15 is 0 Å². The Morgan fingerprint density at radius 1 is 1.39 bits per heavy atom. The summed E-state index contributed by atoms with van der Waals surface area (Å²) < 4.78 is 5.84. The summed E-state index contributed by atoms with van der Waals surface area (Å²) in [6, 6.07) is -0.0377. The average molecular weight is 251 g/mol. The van der Waals surface area contributed by atoms with Gasteiger partial charge in [0.05, 0.1) is 19.0 Å². The van der Waals surface area contributed by atoms with Crippen LogP contribution in [0.2, 0.25) is 0 Å². The lowest BCUT2D eigenvalue weighted by molar-refractivity contribution is 0.148. The maximum Gasteiger partial charge on any atom is 0.234 e. The molecule has 1 aliphatic carbocycles. The molecule has 18 heavy (non-hydrogen) atoms. The SMILES string of the molecule is C[C@@H](CO)Nc1cncc(OC2CCCCC2)n1. The molecule has 2 rings (SSSR count). The number of aliphatic hydroxyl groups is 1. The van der Waals surface area contributed by atoms with Gasteiger partial charge in [-0.15, -0.1) is 0 Å². The molecule has 0 radical (unpaired) electrons. The number of nitrogens with one attached hydrogen (secondary N) is 1. The zero-order chi connectivity index (χ0) is 12.8. The Kier molecular flexibility index (Phi) is 4.75. The van der Waals surface area contributed by atoms with E-state index in [-0.39, 0.29) is 18.8 Å². The van der Waals surface area contributed by atoms with E-state index in [1.807, 2.05) is 6.92 Å². The molecule has 0 aromatic carbocycles. The van der Waals surface area contributed by atoms with Gasteiger partial charge in [-0.1, -0.05) is 6.42 Å². The fourth-order valence-corrected chi connectivity index (χ4v) is 2.13. The summed E-state index contributed by atoms with van der Waals surface area (Å²) in [5.74, 6) is 1.21. The first kappa shape index (κ1) is 13.1. The largest absolute Gasteiger partial charge is 0.473 e. The highest BCUT2D eigenvalue weighted by Crippen LogP contribution is 2.22.